The first-order chi connectivity index (χ1) is 10.6. The quantitative estimate of drug-likeness (QED) is 0.820. The summed E-state index contributed by atoms with van der Waals surface area (Å²) in [7, 11) is 5.80. The normalized spacial score (nSPS) is 22.9. The van der Waals surface area contributed by atoms with Crippen molar-refractivity contribution in [3.8, 4) is 0 Å². The summed E-state index contributed by atoms with van der Waals surface area (Å²) in [5.41, 5.74) is 0. The molecule has 1 saturated heterocycles. The SMILES string of the molecule is COCC(=O)NC[C@H]1CCN(Cc2cccs2)C[C@H]1N(C)C. The molecule has 0 unspecified atom stereocenters. The van der Waals surface area contributed by atoms with Crippen LogP contribution in [0.1, 0.15) is 11.3 Å². The van der Waals surface area contributed by atoms with Gasteiger partial charge in [-0.15, -0.1) is 11.3 Å². The molecule has 0 spiro atoms. The fourth-order valence-electron chi connectivity index (χ4n) is 3.06. The molecule has 0 aromatic carbocycles. The number of nitrogens with zero attached hydrogens (tertiary/aromatic N) is 2. The molecule has 0 aliphatic carbocycles. The number of hydrogen-bond acceptors (Lipinski definition) is 5. The molecule has 6 heteroatoms. The van der Waals surface area contributed by atoms with Crippen LogP contribution in [0.15, 0.2) is 17.5 Å². The standard InChI is InChI=1S/C16H27N3O2S/c1-18(2)15-11-19(10-14-5-4-8-22-14)7-6-13(15)9-17-16(20)12-21-3/h4-5,8,13,15H,6-7,9-12H2,1-3H3,(H,17,20)/t13-,15-/m1/s1. The second-order valence-corrected chi connectivity index (χ2v) is 7.16. The number of methoxy groups -OCH3 is 1. The Morgan fingerprint density at radius 2 is 2.36 bits per heavy atom. The molecule has 22 heavy (non-hydrogen) atoms. The minimum Gasteiger partial charge on any atom is -0.375 e. The molecular weight excluding hydrogens is 298 g/mol. The van der Waals surface area contributed by atoms with Crippen LogP contribution in [0, 0.1) is 5.92 Å². The van der Waals surface area contributed by atoms with E-state index in [4.69, 9.17) is 4.74 Å². The Morgan fingerprint density at radius 3 is 3.00 bits per heavy atom. The van der Waals surface area contributed by atoms with E-state index >= 15 is 0 Å². The van der Waals surface area contributed by atoms with E-state index in [9.17, 15) is 4.79 Å². The van der Waals surface area contributed by atoms with Crippen molar-refractivity contribution < 1.29 is 9.53 Å². The summed E-state index contributed by atoms with van der Waals surface area (Å²) in [4.78, 5) is 17.8. The molecule has 124 valence electrons. The number of carbonyl (C=O) groups is 1. The van der Waals surface area contributed by atoms with Gasteiger partial charge in [0, 0.05) is 37.7 Å². The molecule has 1 aromatic rings. The van der Waals surface area contributed by atoms with Crippen molar-refractivity contribution in [1.29, 1.82) is 0 Å². The summed E-state index contributed by atoms with van der Waals surface area (Å²) in [5.74, 6) is 0.469. The lowest BCUT2D eigenvalue weighted by Crippen LogP contribution is -2.53. The van der Waals surface area contributed by atoms with Crippen LogP contribution < -0.4 is 5.32 Å². The summed E-state index contributed by atoms with van der Waals surface area (Å²) in [6.45, 7) is 4.05. The number of ether oxygens (including phenoxy) is 1. The van der Waals surface area contributed by atoms with Gasteiger partial charge in [0.1, 0.15) is 6.61 Å². The van der Waals surface area contributed by atoms with E-state index in [2.05, 4.69) is 46.7 Å². The molecule has 2 atom stereocenters. The number of likely N-dealkylation sites (tertiary alicyclic amines) is 1. The predicted octanol–water partition coefficient (Wildman–Crippen LogP) is 1.26. The summed E-state index contributed by atoms with van der Waals surface area (Å²) < 4.78 is 4.86. The van der Waals surface area contributed by atoms with Gasteiger partial charge in [0.2, 0.25) is 5.91 Å². The molecule has 1 aliphatic rings. The zero-order valence-corrected chi connectivity index (χ0v) is 14.6. The Hall–Kier alpha value is -0.950. The molecule has 2 heterocycles. The summed E-state index contributed by atoms with van der Waals surface area (Å²) in [6.07, 6.45) is 1.11. The molecule has 5 nitrogen and oxygen atoms in total. The lowest BCUT2D eigenvalue weighted by molar-refractivity contribution is -0.125. The fourth-order valence-corrected chi connectivity index (χ4v) is 3.81. The van der Waals surface area contributed by atoms with Crippen molar-refractivity contribution in [3.05, 3.63) is 22.4 Å². The van der Waals surface area contributed by atoms with Crippen LogP contribution >= 0.6 is 11.3 Å². The van der Waals surface area contributed by atoms with Gasteiger partial charge in [-0.1, -0.05) is 6.07 Å². The maximum absolute atomic E-state index is 11.6. The van der Waals surface area contributed by atoms with Gasteiger partial charge in [-0.05, 0) is 44.4 Å². The highest BCUT2D eigenvalue weighted by Crippen LogP contribution is 2.23. The van der Waals surface area contributed by atoms with Crippen LogP contribution in [0.2, 0.25) is 0 Å². The number of amides is 1. The van der Waals surface area contributed by atoms with Gasteiger partial charge in [-0.3, -0.25) is 9.69 Å². The Labute approximate surface area is 137 Å². The average molecular weight is 325 g/mol. The second kappa shape index (κ2) is 8.62. The van der Waals surface area contributed by atoms with Crippen LogP contribution in [-0.4, -0.2) is 69.2 Å². The number of nitrogens with one attached hydrogen (secondary N) is 1. The molecule has 2 rings (SSSR count). The van der Waals surface area contributed by atoms with Crippen LogP contribution in [-0.2, 0) is 16.1 Å². The number of carbonyl (C=O) groups excluding carboxylic acids is 1. The molecule has 1 amide bonds. The number of rotatable bonds is 7. The summed E-state index contributed by atoms with van der Waals surface area (Å²) >= 11 is 1.82. The smallest absolute Gasteiger partial charge is 0.245 e. The zero-order chi connectivity index (χ0) is 15.9. The van der Waals surface area contributed by atoms with Gasteiger partial charge in [0.05, 0.1) is 0 Å². The largest absolute Gasteiger partial charge is 0.375 e. The van der Waals surface area contributed by atoms with Crippen molar-refractivity contribution in [2.24, 2.45) is 5.92 Å². The lowest BCUT2D eigenvalue weighted by atomic mass is 9.90. The van der Waals surface area contributed by atoms with Gasteiger partial charge in [0.15, 0.2) is 0 Å². The number of thiophene rings is 1. The Bertz CT molecular complexity index is 450. The molecule has 1 N–H and O–H groups in total. The van der Waals surface area contributed by atoms with Gasteiger partial charge in [-0.2, -0.15) is 0 Å². The monoisotopic (exact) mass is 325 g/mol. The van der Waals surface area contributed by atoms with E-state index in [1.165, 1.54) is 4.88 Å². The van der Waals surface area contributed by atoms with Crippen LogP contribution in [0.25, 0.3) is 0 Å². The third kappa shape index (κ3) is 5.05. The van der Waals surface area contributed by atoms with Crippen molar-refractivity contribution in [1.82, 2.24) is 15.1 Å². The third-order valence-corrected chi connectivity index (χ3v) is 5.13. The van der Waals surface area contributed by atoms with Crippen molar-refractivity contribution in [2.45, 2.75) is 19.0 Å². The first-order valence-corrected chi connectivity index (χ1v) is 8.65. The Balaban J connectivity index is 1.86. The first kappa shape index (κ1) is 17.4. The molecule has 1 aliphatic heterocycles. The van der Waals surface area contributed by atoms with E-state index in [0.717, 1.165) is 32.6 Å². The molecule has 0 saturated carbocycles. The average Bonchev–Trinajstić information content (AvgIpc) is 2.99. The van der Waals surface area contributed by atoms with E-state index in [1.807, 2.05) is 11.3 Å². The van der Waals surface area contributed by atoms with Crippen molar-refractivity contribution >= 4 is 17.2 Å². The number of piperidine rings is 1. The highest BCUT2D eigenvalue weighted by molar-refractivity contribution is 7.09. The number of likely N-dealkylation sites (N-methyl/N-ethyl adjacent to an activating group) is 1. The summed E-state index contributed by atoms with van der Waals surface area (Å²) in [6, 6.07) is 4.78. The van der Waals surface area contributed by atoms with Gasteiger partial charge >= 0.3 is 0 Å². The highest BCUT2D eigenvalue weighted by Gasteiger charge is 2.30. The molecule has 0 radical (unpaired) electrons. The molecule has 1 fully saturated rings. The van der Waals surface area contributed by atoms with Crippen LogP contribution in [0.3, 0.4) is 0 Å². The van der Waals surface area contributed by atoms with E-state index in [0.29, 0.717) is 12.0 Å². The van der Waals surface area contributed by atoms with E-state index < -0.39 is 0 Å². The van der Waals surface area contributed by atoms with E-state index in [1.54, 1.807) is 7.11 Å². The predicted molar refractivity (Wildman–Crippen MR) is 90.1 cm³/mol. The first-order valence-electron chi connectivity index (χ1n) is 7.77. The van der Waals surface area contributed by atoms with Crippen LogP contribution in [0.5, 0.6) is 0 Å². The fraction of sp³-hybridized carbons (Fsp3) is 0.688. The van der Waals surface area contributed by atoms with Gasteiger partial charge in [-0.25, -0.2) is 0 Å². The maximum atomic E-state index is 11.6. The van der Waals surface area contributed by atoms with Crippen molar-refractivity contribution in [3.63, 3.8) is 0 Å². The highest BCUT2D eigenvalue weighted by atomic mass is 32.1. The zero-order valence-electron chi connectivity index (χ0n) is 13.7. The Kier molecular flexibility index (Phi) is 6.82. The topological polar surface area (TPSA) is 44.8 Å². The van der Waals surface area contributed by atoms with Crippen molar-refractivity contribution in [2.75, 3.05) is 47.4 Å². The molecule has 0 bridgehead atoms. The third-order valence-electron chi connectivity index (χ3n) is 4.27. The van der Waals surface area contributed by atoms with E-state index in [-0.39, 0.29) is 12.5 Å². The molecule has 1 aromatic heterocycles. The number of hydrogen-bond donors (Lipinski definition) is 1. The Morgan fingerprint density at radius 1 is 1.55 bits per heavy atom. The summed E-state index contributed by atoms with van der Waals surface area (Å²) in [5, 5.41) is 5.13. The second-order valence-electron chi connectivity index (χ2n) is 6.13. The van der Waals surface area contributed by atoms with Gasteiger partial charge in [0.25, 0.3) is 0 Å². The van der Waals surface area contributed by atoms with Gasteiger partial charge < -0.3 is 15.0 Å². The molecular formula is C16H27N3O2S. The minimum atomic E-state index is -0.0268. The minimum absolute atomic E-state index is 0.0268. The maximum Gasteiger partial charge on any atom is 0.245 e. The lowest BCUT2D eigenvalue weighted by Gasteiger charge is -2.41. The van der Waals surface area contributed by atoms with Crippen LogP contribution in [0.4, 0.5) is 0 Å².